The van der Waals surface area contributed by atoms with Gasteiger partial charge in [0.25, 0.3) is 5.78 Å². The van der Waals surface area contributed by atoms with E-state index in [1.807, 2.05) is 73.0 Å². The quantitative estimate of drug-likeness (QED) is 0.122. The Morgan fingerprint density at radius 1 is 1.05 bits per heavy atom. The van der Waals surface area contributed by atoms with Gasteiger partial charge in [0.15, 0.2) is 10.9 Å². The molecule has 220 valence electrons. The average Bonchev–Trinajstić information content (AvgIpc) is 3.64. The van der Waals surface area contributed by atoms with Gasteiger partial charge in [0.2, 0.25) is 0 Å². The van der Waals surface area contributed by atoms with E-state index in [1.54, 1.807) is 13.2 Å². The predicted molar refractivity (Wildman–Crippen MR) is 167 cm³/mol. The first-order valence-electron chi connectivity index (χ1n) is 14.1. The van der Waals surface area contributed by atoms with Gasteiger partial charge in [-0.05, 0) is 73.7 Å². The number of nitrogens with zero attached hydrogens (tertiary/aromatic N) is 4. The molecule has 1 saturated heterocycles. The van der Waals surface area contributed by atoms with E-state index >= 15 is 0 Å². The Bertz CT molecular complexity index is 1920. The minimum Gasteiger partial charge on any atom is -0.505 e. The number of Topliss-reactive ketones (excluding diaryl/α,β-unsaturated/α-hetero) is 1. The summed E-state index contributed by atoms with van der Waals surface area (Å²) < 4.78 is 14.1. The van der Waals surface area contributed by atoms with Crippen LogP contribution in [0.25, 0.3) is 21.6 Å². The predicted octanol–water partition coefficient (Wildman–Crippen LogP) is 6.62. The van der Waals surface area contributed by atoms with Gasteiger partial charge in [-0.2, -0.15) is 0 Å². The topological polar surface area (TPSA) is 106 Å². The monoisotopic (exact) mass is 596 g/mol. The number of aryl methyl sites for hydroxylation is 2. The molecule has 1 aliphatic heterocycles. The van der Waals surface area contributed by atoms with Gasteiger partial charge in [0.1, 0.15) is 22.8 Å². The fourth-order valence-corrected chi connectivity index (χ4v) is 6.35. The summed E-state index contributed by atoms with van der Waals surface area (Å²) in [7, 11) is 1.58. The second kappa shape index (κ2) is 11.2. The number of aliphatic hydroxyl groups is 1. The average molecular weight is 597 g/mol. The number of hydrogen-bond donors (Lipinski definition) is 1. The number of pyridine rings is 1. The molecule has 3 aromatic heterocycles. The molecule has 1 unspecified atom stereocenters. The number of amides is 1. The molecule has 1 aliphatic rings. The highest BCUT2D eigenvalue weighted by molar-refractivity contribution is 7.22. The summed E-state index contributed by atoms with van der Waals surface area (Å²) >= 11 is 1.27. The van der Waals surface area contributed by atoms with Crippen LogP contribution in [0.5, 0.6) is 11.5 Å². The number of carbonyl (C=O) groups excluding carboxylic acids is 2. The molecule has 1 fully saturated rings. The molecule has 1 N–H and O–H groups in total. The van der Waals surface area contributed by atoms with Crippen molar-refractivity contribution in [3.8, 4) is 11.5 Å². The first-order chi connectivity index (χ1) is 20.7. The van der Waals surface area contributed by atoms with Gasteiger partial charge in [-0.25, -0.2) is 9.97 Å². The van der Waals surface area contributed by atoms with Gasteiger partial charge in [0, 0.05) is 6.20 Å². The van der Waals surface area contributed by atoms with E-state index in [0.29, 0.717) is 51.6 Å². The second-order valence-corrected chi connectivity index (χ2v) is 12.0. The van der Waals surface area contributed by atoms with Crippen molar-refractivity contribution >= 4 is 49.8 Å². The molecule has 0 spiro atoms. The highest BCUT2D eigenvalue weighted by atomic mass is 32.1. The summed E-state index contributed by atoms with van der Waals surface area (Å²) in [5.41, 5.74) is 3.70. The maximum atomic E-state index is 13.8. The van der Waals surface area contributed by atoms with Crippen molar-refractivity contribution in [1.82, 2.24) is 14.4 Å². The summed E-state index contributed by atoms with van der Waals surface area (Å²) in [6.07, 6.45) is 2.73. The third-order valence-electron chi connectivity index (χ3n) is 7.68. The van der Waals surface area contributed by atoms with Gasteiger partial charge in [-0.15, -0.1) is 0 Å². The normalized spacial score (nSPS) is 16.6. The number of ether oxygens (including phenoxy) is 2. The second-order valence-electron chi connectivity index (χ2n) is 11.0. The van der Waals surface area contributed by atoms with Crippen LogP contribution in [-0.4, -0.2) is 44.9 Å². The van der Waals surface area contributed by atoms with Crippen molar-refractivity contribution < 1.29 is 24.2 Å². The van der Waals surface area contributed by atoms with Crippen LogP contribution in [0.4, 0.5) is 5.13 Å². The molecule has 0 saturated carbocycles. The number of imidazole rings is 1. The molecule has 10 heteroatoms. The lowest BCUT2D eigenvalue weighted by atomic mass is 9.96. The number of hydrogen-bond acceptors (Lipinski definition) is 8. The van der Waals surface area contributed by atoms with Crippen molar-refractivity contribution in [3.05, 3.63) is 88.9 Å². The van der Waals surface area contributed by atoms with Crippen LogP contribution in [0.3, 0.4) is 0 Å². The molecular formula is C33H32N4O5S. The lowest BCUT2D eigenvalue weighted by Crippen LogP contribution is -2.29. The van der Waals surface area contributed by atoms with Crippen LogP contribution >= 0.6 is 11.3 Å². The van der Waals surface area contributed by atoms with Crippen molar-refractivity contribution in [3.63, 3.8) is 0 Å². The number of carbonyl (C=O) groups is 2. The number of methoxy groups -OCH3 is 1. The molecule has 6 rings (SSSR count). The molecule has 1 amide bonds. The Balaban J connectivity index is 1.53. The minimum absolute atomic E-state index is 0.0506. The van der Waals surface area contributed by atoms with Crippen molar-refractivity contribution in [2.24, 2.45) is 5.92 Å². The number of fused-ring (bicyclic) bond motifs is 2. The fourth-order valence-electron chi connectivity index (χ4n) is 5.33. The lowest BCUT2D eigenvalue weighted by Gasteiger charge is -2.23. The smallest absolute Gasteiger partial charge is 0.301 e. The Morgan fingerprint density at radius 3 is 2.60 bits per heavy atom. The molecule has 9 nitrogen and oxygen atoms in total. The molecule has 0 radical (unpaired) electrons. The molecule has 2 aromatic carbocycles. The maximum Gasteiger partial charge on any atom is 0.301 e. The zero-order valence-electron chi connectivity index (χ0n) is 24.6. The van der Waals surface area contributed by atoms with E-state index in [9.17, 15) is 14.7 Å². The summed E-state index contributed by atoms with van der Waals surface area (Å²) in [5, 5.41) is 12.1. The number of thiazole rings is 1. The molecule has 0 aliphatic carbocycles. The van der Waals surface area contributed by atoms with Crippen LogP contribution in [0.2, 0.25) is 0 Å². The van der Waals surface area contributed by atoms with E-state index < -0.39 is 17.7 Å². The Labute approximate surface area is 253 Å². The van der Waals surface area contributed by atoms with Gasteiger partial charge < -0.3 is 19.0 Å². The molecule has 0 bridgehead atoms. The van der Waals surface area contributed by atoms with Crippen LogP contribution in [0.1, 0.15) is 48.8 Å². The van der Waals surface area contributed by atoms with E-state index in [-0.39, 0.29) is 17.0 Å². The number of aliphatic hydroxyl groups excluding tert-OH is 1. The van der Waals surface area contributed by atoms with Crippen LogP contribution < -0.4 is 14.4 Å². The van der Waals surface area contributed by atoms with Crippen LogP contribution in [-0.2, 0) is 9.59 Å². The molecular weight excluding hydrogens is 564 g/mol. The highest BCUT2D eigenvalue weighted by Crippen LogP contribution is 2.45. The van der Waals surface area contributed by atoms with Crippen LogP contribution in [0, 0.1) is 19.8 Å². The summed E-state index contributed by atoms with van der Waals surface area (Å²) in [4.78, 5) is 38.4. The van der Waals surface area contributed by atoms with Crippen molar-refractivity contribution in [2.75, 3.05) is 18.6 Å². The standard InChI is InChI=1S/C33H32N4O5S/c1-18(2)13-15-42-23-10-6-9-21(16-23)28-26(29(38)27-20(4)36-14-7-8-19(3)31(36)35-27)30(39)32(40)37(28)33-34-24-12-11-22(41-5)17-25(24)43-33/h6-12,14,16-18,28,38H,13,15H2,1-5H3/b29-26+. The maximum absolute atomic E-state index is 13.8. The Kier molecular flexibility index (Phi) is 7.39. The Hall–Kier alpha value is -4.70. The van der Waals surface area contributed by atoms with Gasteiger partial charge in [0.05, 0.1) is 41.2 Å². The molecule has 43 heavy (non-hydrogen) atoms. The van der Waals surface area contributed by atoms with Crippen molar-refractivity contribution in [1.29, 1.82) is 0 Å². The Morgan fingerprint density at radius 2 is 1.86 bits per heavy atom. The van der Waals surface area contributed by atoms with E-state index in [4.69, 9.17) is 19.4 Å². The number of anilines is 1. The molecule has 1 atom stereocenters. The third-order valence-corrected chi connectivity index (χ3v) is 8.70. The van der Waals surface area contributed by atoms with Gasteiger partial charge in [-0.3, -0.25) is 14.5 Å². The van der Waals surface area contributed by atoms with E-state index in [1.165, 1.54) is 16.2 Å². The zero-order valence-corrected chi connectivity index (χ0v) is 25.4. The van der Waals surface area contributed by atoms with Crippen LogP contribution in [0.15, 0.2) is 66.4 Å². The SMILES string of the molecule is COc1ccc2nc(N3C(=O)C(=O)/C(=C(/O)c4nc5c(C)cccn5c4C)C3c3cccc(OCCC(C)C)c3)sc2c1. The van der Waals surface area contributed by atoms with Gasteiger partial charge >= 0.3 is 5.91 Å². The first-order valence-corrected chi connectivity index (χ1v) is 14.9. The summed E-state index contributed by atoms with van der Waals surface area (Å²) in [6, 6.07) is 15.6. The van der Waals surface area contributed by atoms with E-state index in [2.05, 4.69) is 13.8 Å². The summed E-state index contributed by atoms with van der Waals surface area (Å²) in [6.45, 7) is 8.54. The number of aromatic nitrogens is 3. The van der Waals surface area contributed by atoms with Crippen molar-refractivity contribution in [2.45, 2.75) is 40.2 Å². The molecule has 5 aromatic rings. The minimum atomic E-state index is -0.957. The molecule has 4 heterocycles. The fraction of sp³-hybridized carbons (Fsp3) is 0.273. The number of benzene rings is 2. The van der Waals surface area contributed by atoms with E-state index in [0.717, 1.165) is 16.7 Å². The highest BCUT2D eigenvalue weighted by Gasteiger charge is 2.48. The summed E-state index contributed by atoms with van der Waals surface area (Å²) in [5.74, 6) is -0.173. The zero-order chi connectivity index (χ0) is 30.4. The lowest BCUT2D eigenvalue weighted by molar-refractivity contribution is -0.132. The number of rotatable bonds is 8. The van der Waals surface area contributed by atoms with Gasteiger partial charge in [-0.1, -0.05) is 43.4 Å². The first kappa shape index (κ1) is 28.4. The third kappa shape index (κ3) is 5.01. The largest absolute Gasteiger partial charge is 0.505 e. The number of ketones is 1.